The van der Waals surface area contributed by atoms with Crippen molar-refractivity contribution in [3.63, 3.8) is 0 Å². The lowest BCUT2D eigenvalue weighted by molar-refractivity contribution is -0.189. The lowest BCUT2D eigenvalue weighted by atomic mass is 10.0. The van der Waals surface area contributed by atoms with Gasteiger partial charge in [0, 0.05) is 25.8 Å². The Morgan fingerprint density at radius 2 is 1.24 bits per heavy atom. The van der Waals surface area contributed by atoms with Crippen molar-refractivity contribution in [2.75, 3.05) is 20.3 Å². The molecule has 0 spiro atoms. The maximum absolute atomic E-state index is 14.5. The first kappa shape index (κ1) is 25.4. The molecule has 0 aliphatic carbocycles. The molecule has 182 valence electrons. The molecule has 0 aliphatic heterocycles. The fourth-order valence-electron chi connectivity index (χ4n) is 3.09. The van der Waals surface area contributed by atoms with E-state index in [9.17, 15) is 30.7 Å². The number of unbranched alkanes of at least 4 members (excludes halogenated alkanes) is 1. The van der Waals surface area contributed by atoms with E-state index in [-0.39, 0.29) is 17.7 Å². The molecule has 0 heterocycles. The predicted molar refractivity (Wildman–Crippen MR) is 109 cm³/mol. The van der Waals surface area contributed by atoms with Crippen molar-refractivity contribution in [1.82, 2.24) is 0 Å². The van der Waals surface area contributed by atoms with Crippen LogP contribution in [0.1, 0.15) is 18.4 Å². The number of ether oxygens (including phenoxy) is 3. The molecular formula is C24H19F7O3. The fraction of sp³-hybridized carbons (Fsp3) is 0.250. The number of alkyl halides is 2. The Labute approximate surface area is 190 Å². The second-order valence-corrected chi connectivity index (χ2v) is 7.21. The molecule has 0 fully saturated rings. The van der Waals surface area contributed by atoms with E-state index in [0.717, 1.165) is 12.8 Å². The average molecular weight is 488 g/mol. The van der Waals surface area contributed by atoms with Crippen LogP contribution in [0.25, 0.3) is 11.1 Å². The van der Waals surface area contributed by atoms with E-state index >= 15 is 0 Å². The Balaban J connectivity index is 1.78. The van der Waals surface area contributed by atoms with E-state index in [4.69, 9.17) is 9.47 Å². The van der Waals surface area contributed by atoms with Crippen molar-refractivity contribution < 1.29 is 44.9 Å². The molecule has 0 aliphatic rings. The third kappa shape index (κ3) is 5.99. The molecule has 0 radical (unpaired) electrons. The first-order valence-electron chi connectivity index (χ1n) is 10.1. The number of hydrogen-bond donors (Lipinski definition) is 0. The fourth-order valence-corrected chi connectivity index (χ4v) is 3.09. The Hall–Kier alpha value is -3.27. The van der Waals surface area contributed by atoms with E-state index < -0.39 is 46.5 Å². The summed E-state index contributed by atoms with van der Waals surface area (Å²) < 4.78 is 112. The van der Waals surface area contributed by atoms with Gasteiger partial charge < -0.3 is 14.2 Å². The van der Waals surface area contributed by atoms with Crippen molar-refractivity contribution in [2.45, 2.75) is 19.0 Å². The maximum Gasteiger partial charge on any atom is 0.432 e. The molecule has 10 heteroatoms. The molecule has 0 bridgehead atoms. The van der Waals surface area contributed by atoms with Crippen LogP contribution in [0.4, 0.5) is 30.7 Å². The summed E-state index contributed by atoms with van der Waals surface area (Å²) in [4.78, 5) is 0. The highest BCUT2D eigenvalue weighted by atomic mass is 19.3. The summed E-state index contributed by atoms with van der Waals surface area (Å²) >= 11 is 0. The zero-order valence-corrected chi connectivity index (χ0v) is 17.8. The number of methoxy groups -OCH3 is 1. The number of hydrogen-bond acceptors (Lipinski definition) is 3. The second-order valence-electron chi connectivity index (χ2n) is 7.21. The molecule has 0 saturated carbocycles. The molecular weight excluding hydrogens is 469 g/mol. The van der Waals surface area contributed by atoms with Gasteiger partial charge in [0.15, 0.2) is 17.5 Å². The maximum atomic E-state index is 14.5. The first-order chi connectivity index (χ1) is 16.1. The largest absolute Gasteiger partial charge is 0.494 e. The smallest absolute Gasteiger partial charge is 0.432 e. The minimum absolute atomic E-state index is 0.0416. The van der Waals surface area contributed by atoms with Crippen LogP contribution in [0, 0.1) is 29.1 Å². The van der Waals surface area contributed by atoms with Crippen LogP contribution in [-0.4, -0.2) is 20.3 Å². The Kier molecular flexibility index (Phi) is 8.03. The van der Waals surface area contributed by atoms with Crippen LogP contribution in [0.5, 0.6) is 11.5 Å². The zero-order chi connectivity index (χ0) is 24.9. The summed E-state index contributed by atoms with van der Waals surface area (Å²) in [5, 5.41) is 0. The standard InChI is InChI=1S/C24H19F7O3/c1-32-8-2-3-9-33-16-6-4-14(5-7-16)15-10-18(25)22(19(26)11-15)24(30,31)34-17-12-20(27)23(29)21(28)13-17/h4-7,10-13H,2-3,8-9H2,1H3. The average Bonchev–Trinajstić information content (AvgIpc) is 2.76. The normalized spacial score (nSPS) is 11.5. The predicted octanol–water partition coefficient (Wildman–Crippen LogP) is 6.98. The quantitative estimate of drug-likeness (QED) is 0.175. The summed E-state index contributed by atoms with van der Waals surface area (Å²) in [6.07, 6.45) is -3.07. The zero-order valence-electron chi connectivity index (χ0n) is 17.8. The monoisotopic (exact) mass is 488 g/mol. The Morgan fingerprint density at radius 1 is 0.676 bits per heavy atom. The van der Waals surface area contributed by atoms with Crippen molar-refractivity contribution in [3.8, 4) is 22.6 Å². The third-order valence-electron chi connectivity index (χ3n) is 4.74. The molecule has 3 rings (SSSR count). The summed E-state index contributed by atoms with van der Waals surface area (Å²) in [5.74, 6) is -9.45. The van der Waals surface area contributed by atoms with E-state index in [2.05, 4.69) is 4.74 Å². The van der Waals surface area contributed by atoms with Crippen LogP contribution < -0.4 is 9.47 Å². The highest BCUT2D eigenvalue weighted by Gasteiger charge is 2.41. The van der Waals surface area contributed by atoms with E-state index in [1.54, 1.807) is 19.2 Å². The lowest BCUT2D eigenvalue weighted by Crippen LogP contribution is -2.25. The SMILES string of the molecule is COCCCCOc1ccc(-c2cc(F)c(C(F)(F)Oc3cc(F)c(F)c(F)c3)c(F)c2)cc1. The highest BCUT2D eigenvalue weighted by Crippen LogP contribution is 2.37. The Morgan fingerprint density at radius 3 is 1.79 bits per heavy atom. The molecule has 0 amide bonds. The van der Waals surface area contributed by atoms with Gasteiger partial charge in [-0.25, -0.2) is 22.0 Å². The highest BCUT2D eigenvalue weighted by molar-refractivity contribution is 5.65. The summed E-state index contributed by atoms with van der Waals surface area (Å²) in [6, 6.07) is 7.73. The summed E-state index contributed by atoms with van der Waals surface area (Å²) in [6.45, 7) is 1.05. The summed E-state index contributed by atoms with van der Waals surface area (Å²) in [7, 11) is 1.60. The topological polar surface area (TPSA) is 27.7 Å². The van der Waals surface area contributed by atoms with Gasteiger partial charge in [0.25, 0.3) is 0 Å². The van der Waals surface area contributed by atoms with Gasteiger partial charge in [-0.2, -0.15) is 8.78 Å². The molecule has 3 nitrogen and oxygen atoms in total. The van der Waals surface area contributed by atoms with Crippen LogP contribution in [0.2, 0.25) is 0 Å². The van der Waals surface area contributed by atoms with E-state index in [1.165, 1.54) is 12.1 Å². The van der Waals surface area contributed by atoms with Gasteiger partial charge in [-0.15, -0.1) is 0 Å². The molecule has 3 aromatic carbocycles. The minimum Gasteiger partial charge on any atom is -0.494 e. The minimum atomic E-state index is -4.65. The number of rotatable bonds is 10. The molecule has 0 aromatic heterocycles. The van der Waals surface area contributed by atoms with Crippen molar-refractivity contribution in [2.24, 2.45) is 0 Å². The number of halogens is 7. The molecule has 0 saturated heterocycles. The molecule has 0 unspecified atom stereocenters. The molecule has 0 N–H and O–H groups in total. The first-order valence-corrected chi connectivity index (χ1v) is 10.1. The van der Waals surface area contributed by atoms with Gasteiger partial charge in [0.2, 0.25) is 0 Å². The van der Waals surface area contributed by atoms with Crippen molar-refractivity contribution in [3.05, 3.63) is 83.2 Å². The van der Waals surface area contributed by atoms with Crippen molar-refractivity contribution in [1.29, 1.82) is 0 Å². The van der Waals surface area contributed by atoms with Gasteiger partial charge >= 0.3 is 6.11 Å². The van der Waals surface area contributed by atoms with E-state index in [1.807, 2.05) is 0 Å². The summed E-state index contributed by atoms with van der Waals surface area (Å²) in [5.41, 5.74) is -1.49. The third-order valence-corrected chi connectivity index (χ3v) is 4.74. The van der Waals surface area contributed by atoms with Gasteiger partial charge in [0.05, 0.1) is 6.61 Å². The van der Waals surface area contributed by atoms with Crippen LogP contribution >= 0.6 is 0 Å². The molecule has 0 atom stereocenters. The van der Waals surface area contributed by atoms with Gasteiger partial charge in [-0.1, -0.05) is 12.1 Å². The van der Waals surface area contributed by atoms with E-state index in [0.29, 0.717) is 36.7 Å². The Bertz CT molecular complexity index is 1090. The number of benzene rings is 3. The second kappa shape index (κ2) is 10.8. The molecule has 3 aromatic rings. The lowest BCUT2D eigenvalue weighted by Gasteiger charge is -2.20. The van der Waals surface area contributed by atoms with Gasteiger partial charge in [0.1, 0.15) is 28.7 Å². The van der Waals surface area contributed by atoms with Crippen LogP contribution in [0.3, 0.4) is 0 Å². The molecule has 34 heavy (non-hydrogen) atoms. The van der Waals surface area contributed by atoms with Crippen LogP contribution in [-0.2, 0) is 10.8 Å². The van der Waals surface area contributed by atoms with Crippen LogP contribution in [0.15, 0.2) is 48.5 Å². The van der Waals surface area contributed by atoms with Crippen molar-refractivity contribution >= 4 is 0 Å². The van der Waals surface area contributed by atoms with Gasteiger partial charge in [-0.3, -0.25) is 0 Å². The van der Waals surface area contributed by atoms with Gasteiger partial charge in [-0.05, 0) is 48.2 Å².